The Morgan fingerprint density at radius 1 is 1.00 bits per heavy atom. The summed E-state index contributed by atoms with van der Waals surface area (Å²) in [6.45, 7) is 2.94. The lowest BCUT2D eigenvalue weighted by Gasteiger charge is -2.27. The van der Waals surface area contributed by atoms with E-state index in [9.17, 15) is 14.0 Å². The van der Waals surface area contributed by atoms with Crippen LogP contribution in [0, 0.1) is 17.7 Å². The number of halogens is 2. The first-order chi connectivity index (χ1) is 12.1. The molecule has 2 aliphatic rings. The minimum Gasteiger partial charge on any atom is -0.341 e. The summed E-state index contributed by atoms with van der Waals surface area (Å²) in [6.07, 6.45) is 3.80. The molecule has 3 rings (SSSR count). The minimum absolute atomic E-state index is 0. The first kappa shape index (κ1) is 20.6. The van der Waals surface area contributed by atoms with Gasteiger partial charge >= 0.3 is 0 Å². The zero-order valence-electron chi connectivity index (χ0n) is 14.9. The minimum atomic E-state index is -0.352. The highest BCUT2D eigenvalue weighted by Crippen LogP contribution is 2.32. The highest BCUT2D eigenvalue weighted by molar-refractivity contribution is 5.94. The molecule has 0 aromatic heterocycles. The number of benzene rings is 1. The molecule has 1 aromatic carbocycles. The fourth-order valence-corrected chi connectivity index (χ4v) is 3.99. The zero-order chi connectivity index (χ0) is 17.8. The van der Waals surface area contributed by atoms with Gasteiger partial charge in [-0.05, 0) is 56.0 Å². The van der Waals surface area contributed by atoms with E-state index in [1.807, 2.05) is 4.90 Å². The Morgan fingerprint density at radius 3 is 2.35 bits per heavy atom. The lowest BCUT2D eigenvalue weighted by molar-refractivity contribution is -0.136. The van der Waals surface area contributed by atoms with Crippen molar-refractivity contribution >= 4 is 24.2 Å². The maximum absolute atomic E-state index is 13.0. The van der Waals surface area contributed by atoms with Crippen molar-refractivity contribution in [3.8, 4) is 0 Å². The second-order valence-corrected chi connectivity index (χ2v) is 7.01. The van der Waals surface area contributed by atoms with Crippen LogP contribution in [0.25, 0.3) is 0 Å². The van der Waals surface area contributed by atoms with Crippen LogP contribution in [0.4, 0.5) is 4.39 Å². The van der Waals surface area contributed by atoms with E-state index in [0.717, 1.165) is 25.7 Å². The Morgan fingerprint density at radius 2 is 1.65 bits per heavy atom. The third-order valence-corrected chi connectivity index (χ3v) is 5.46. The van der Waals surface area contributed by atoms with Gasteiger partial charge in [-0.1, -0.05) is 6.42 Å². The second kappa shape index (κ2) is 9.33. The predicted octanol–water partition coefficient (Wildman–Crippen LogP) is 2.30. The zero-order valence-corrected chi connectivity index (χ0v) is 15.7. The molecule has 0 unspecified atom stereocenters. The van der Waals surface area contributed by atoms with Crippen molar-refractivity contribution in [2.24, 2.45) is 17.6 Å². The third kappa shape index (κ3) is 4.54. The van der Waals surface area contributed by atoms with Gasteiger partial charge in [0.15, 0.2) is 0 Å². The summed E-state index contributed by atoms with van der Waals surface area (Å²) in [5.74, 6) is 0.0892. The molecule has 2 amide bonds. The van der Waals surface area contributed by atoms with Gasteiger partial charge in [-0.15, -0.1) is 12.4 Å². The molecule has 1 aliphatic carbocycles. The molecule has 144 valence electrons. The molecule has 5 nitrogen and oxygen atoms in total. The topological polar surface area (TPSA) is 66.6 Å². The fourth-order valence-electron chi connectivity index (χ4n) is 3.99. The Hall–Kier alpha value is -1.66. The van der Waals surface area contributed by atoms with Crippen LogP contribution < -0.4 is 5.73 Å². The van der Waals surface area contributed by atoms with Crippen molar-refractivity contribution in [3.63, 3.8) is 0 Å². The molecular weight excluding hydrogens is 357 g/mol. The van der Waals surface area contributed by atoms with Crippen LogP contribution in [-0.4, -0.2) is 54.3 Å². The number of nitrogens with zero attached hydrogens (tertiary/aromatic N) is 2. The smallest absolute Gasteiger partial charge is 0.253 e. The molecule has 2 fully saturated rings. The molecule has 0 radical (unpaired) electrons. The van der Waals surface area contributed by atoms with Gasteiger partial charge in [0.2, 0.25) is 5.91 Å². The van der Waals surface area contributed by atoms with Crippen molar-refractivity contribution in [2.45, 2.75) is 25.7 Å². The molecule has 1 aromatic rings. The quantitative estimate of drug-likeness (QED) is 0.870. The van der Waals surface area contributed by atoms with E-state index in [4.69, 9.17) is 5.73 Å². The van der Waals surface area contributed by atoms with Crippen LogP contribution in [0.2, 0.25) is 0 Å². The highest BCUT2D eigenvalue weighted by Gasteiger charge is 2.35. The molecule has 0 bridgehead atoms. The summed E-state index contributed by atoms with van der Waals surface area (Å²) in [5, 5.41) is 0. The van der Waals surface area contributed by atoms with E-state index >= 15 is 0 Å². The Labute approximate surface area is 160 Å². The van der Waals surface area contributed by atoms with E-state index in [1.165, 1.54) is 24.3 Å². The van der Waals surface area contributed by atoms with Crippen LogP contribution in [0.1, 0.15) is 36.0 Å². The molecule has 2 N–H and O–H groups in total. The summed E-state index contributed by atoms with van der Waals surface area (Å²) in [4.78, 5) is 29.1. The lowest BCUT2D eigenvalue weighted by atomic mass is 9.94. The van der Waals surface area contributed by atoms with Crippen LogP contribution in [0.3, 0.4) is 0 Å². The molecule has 7 heteroatoms. The molecule has 1 saturated carbocycles. The van der Waals surface area contributed by atoms with Crippen molar-refractivity contribution in [1.82, 2.24) is 9.80 Å². The monoisotopic (exact) mass is 383 g/mol. The van der Waals surface area contributed by atoms with Crippen LogP contribution in [0.15, 0.2) is 24.3 Å². The summed E-state index contributed by atoms with van der Waals surface area (Å²) in [6, 6.07) is 5.62. The van der Waals surface area contributed by atoms with Gasteiger partial charge in [-0.3, -0.25) is 9.59 Å². The number of rotatable bonds is 3. The van der Waals surface area contributed by atoms with E-state index in [2.05, 4.69) is 0 Å². The van der Waals surface area contributed by atoms with Gasteiger partial charge in [-0.25, -0.2) is 4.39 Å². The largest absolute Gasteiger partial charge is 0.341 e. The Kier molecular flexibility index (Phi) is 7.41. The first-order valence-electron chi connectivity index (χ1n) is 9.14. The van der Waals surface area contributed by atoms with Crippen molar-refractivity contribution in [3.05, 3.63) is 35.6 Å². The summed E-state index contributed by atoms with van der Waals surface area (Å²) in [7, 11) is 0. The number of carbonyl (C=O) groups excluding carboxylic acids is 2. The number of hydrogen-bond acceptors (Lipinski definition) is 3. The predicted molar refractivity (Wildman–Crippen MR) is 101 cm³/mol. The third-order valence-electron chi connectivity index (χ3n) is 5.46. The molecule has 0 spiro atoms. The SMILES string of the molecule is Cl.NC[C@H]1CCC[C@H]1C(=O)N1CCCN(C(=O)c2ccc(F)cc2)CC1. The molecular formula is C19H27ClFN3O2. The normalized spacial score (nSPS) is 23.3. The van der Waals surface area contributed by atoms with E-state index in [0.29, 0.717) is 44.2 Å². The maximum atomic E-state index is 13.0. The number of carbonyl (C=O) groups is 2. The molecule has 1 saturated heterocycles. The Balaban J connectivity index is 0.00000243. The molecule has 1 aliphatic heterocycles. The van der Waals surface area contributed by atoms with Gasteiger partial charge < -0.3 is 15.5 Å². The summed E-state index contributed by atoms with van der Waals surface area (Å²) >= 11 is 0. The van der Waals surface area contributed by atoms with E-state index in [1.54, 1.807) is 4.90 Å². The van der Waals surface area contributed by atoms with Crippen LogP contribution >= 0.6 is 12.4 Å². The van der Waals surface area contributed by atoms with Crippen molar-refractivity contribution in [1.29, 1.82) is 0 Å². The highest BCUT2D eigenvalue weighted by atomic mass is 35.5. The van der Waals surface area contributed by atoms with Gasteiger partial charge in [0.25, 0.3) is 5.91 Å². The standard InChI is InChI=1S/C19H26FN3O2.ClH/c20-16-7-5-14(6-8-16)18(24)22-9-2-10-23(12-11-22)19(25)17-4-1-3-15(17)13-21;/h5-8,15,17H,1-4,9-13,21H2;1H/t15-,17-;/m1./s1. The van der Waals surface area contributed by atoms with Crippen molar-refractivity contribution in [2.75, 3.05) is 32.7 Å². The number of amides is 2. The lowest BCUT2D eigenvalue weighted by Crippen LogP contribution is -2.41. The first-order valence-corrected chi connectivity index (χ1v) is 9.14. The number of hydrogen-bond donors (Lipinski definition) is 1. The Bertz CT molecular complexity index is 626. The fraction of sp³-hybridized carbons (Fsp3) is 0.579. The van der Waals surface area contributed by atoms with Crippen LogP contribution in [0.5, 0.6) is 0 Å². The average molecular weight is 384 g/mol. The van der Waals surface area contributed by atoms with E-state index in [-0.39, 0.29) is 36.0 Å². The van der Waals surface area contributed by atoms with Crippen molar-refractivity contribution < 1.29 is 14.0 Å². The average Bonchev–Trinajstić information content (AvgIpc) is 2.97. The van der Waals surface area contributed by atoms with E-state index < -0.39 is 0 Å². The molecule has 1 heterocycles. The maximum Gasteiger partial charge on any atom is 0.253 e. The number of nitrogens with two attached hydrogens (primary N) is 1. The van der Waals surface area contributed by atoms with Gasteiger partial charge in [0.05, 0.1) is 0 Å². The second-order valence-electron chi connectivity index (χ2n) is 7.01. The van der Waals surface area contributed by atoms with Gasteiger partial charge in [-0.2, -0.15) is 0 Å². The van der Waals surface area contributed by atoms with Gasteiger partial charge in [0, 0.05) is 37.7 Å². The summed E-state index contributed by atoms with van der Waals surface area (Å²) in [5.41, 5.74) is 6.30. The van der Waals surface area contributed by atoms with Crippen LogP contribution in [-0.2, 0) is 4.79 Å². The van der Waals surface area contributed by atoms with Gasteiger partial charge in [0.1, 0.15) is 5.82 Å². The molecule has 2 atom stereocenters. The summed E-state index contributed by atoms with van der Waals surface area (Å²) < 4.78 is 13.0. The molecule has 26 heavy (non-hydrogen) atoms.